The van der Waals surface area contributed by atoms with Crippen LogP contribution >= 0.6 is 0 Å². The molecular weight excluding hydrogens is 242 g/mol. The lowest BCUT2D eigenvalue weighted by Gasteiger charge is -2.04. The van der Waals surface area contributed by atoms with Gasteiger partial charge in [-0.15, -0.1) is 0 Å². The van der Waals surface area contributed by atoms with Gasteiger partial charge < -0.3 is 9.63 Å². The standard InChI is InChI=1S/C14H17N3O2/c1-2-9-3-4-10(7-9)13-16-14(19-17-13)11-5-6-15-8-12(11)18/h5-6,8-10,18H,2-4,7H2,1H3. The number of hydrogen-bond acceptors (Lipinski definition) is 5. The summed E-state index contributed by atoms with van der Waals surface area (Å²) in [4.78, 5) is 8.26. The van der Waals surface area contributed by atoms with E-state index in [1.807, 2.05) is 0 Å². The number of aromatic hydroxyl groups is 1. The second kappa shape index (κ2) is 4.99. The van der Waals surface area contributed by atoms with E-state index < -0.39 is 0 Å². The molecule has 0 spiro atoms. The number of nitrogens with zero attached hydrogens (tertiary/aromatic N) is 3. The Morgan fingerprint density at radius 2 is 2.32 bits per heavy atom. The van der Waals surface area contributed by atoms with E-state index in [1.165, 1.54) is 19.0 Å². The van der Waals surface area contributed by atoms with Gasteiger partial charge in [-0.3, -0.25) is 4.98 Å². The van der Waals surface area contributed by atoms with Crippen LogP contribution in [-0.2, 0) is 0 Å². The molecule has 1 N–H and O–H groups in total. The highest BCUT2D eigenvalue weighted by Crippen LogP contribution is 2.39. The van der Waals surface area contributed by atoms with Crippen molar-refractivity contribution in [3.8, 4) is 17.2 Å². The first kappa shape index (κ1) is 12.1. The van der Waals surface area contributed by atoms with Gasteiger partial charge in [0.25, 0.3) is 5.89 Å². The van der Waals surface area contributed by atoms with Gasteiger partial charge in [0, 0.05) is 12.1 Å². The molecule has 5 heteroatoms. The fourth-order valence-corrected chi connectivity index (χ4v) is 2.76. The zero-order valence-electron chi connectivity index (χ0n) is 10.9. The minimum atomic E-state index is 0.0653. The largest absolute Gasteiger partial charge is 0.505 e. The Bertz CT molecular complexity index is 567. The molecule has 2 atom stereocenters. The van der Waals surface area contributed by atoms with Gasteiger partial charge >= 0.3 is 0 Å². The zero-order chi connectivity index (χ0) is 13.2. The molecule has 2 aromatic rings. The average molecular weight is 259 g/mol. The molecule has 0 aliphatic heterocycles. The molecule has 2 heterocycles. The summed E-state index contributed by atoms with van der Waals surface area (Å²) in [6.07, 6.45) is 7.69. The van der Waals surface area contributed by atoms with Crippen LogP contribution in [0.2, 0.25) is 0 Å². The summed E-state index contributed by atoms with van der Waals surface area (Å²) in [5.41, 5.74) is 0.541. The van der Waals surface area contributed by atoms with Crippen LogP contribution in [0.5, 0.6) is 5.75 Å². The summed E-state index contributed by atoms with van der Waals surface area (Å²) in [6, 6.07) is 1.68. The highest BCUT2D eigenvalue weighted by molar-refractivity contribution is 5.60. The maximum atomic E-state index is 9.73. The van der Waals surface area contributed by atoms with Gasteiger partial charge in [-0.1, -0.05) is 18.5 Å². The van der Waals surface area contributed by atoms with Crippen molar-refractivity contribution >= 4 is 0 Å². The maximum absolute atomic E-state index is 9.73. The summed E-state index contributed by atoms with van der Waals surface area (Å²) in [6.45, 7) is 2.23. The molecule has 1 saturated carbocycles. The minimum Gasteiger partial charge on any atom is -0.505 e. The Balaban J connectivity index is 1.82. The van der Waals surface area contributed by atoms with Crippen LogP contribution in [0.25, 0.3) is 11.5 Å². The molecule has 0 radical (unpaired) electrons. The van der Waals surface area contributed by atoms with Crippen molar-refractivity contribution in [2.45, 2.75) is 38.5 Å². The Kier molecular flexibility index (Phi) is 3.19. The van der Waals surface area contributed by atoms with Crippen LogP contribution in [-0.4, -0.2) is 20.2 Å². The van der Waals surface area contributed by atoms with Crippen LogP contribution in [0.4, 0.5) is 0 Å². The van der Waals surface area contributed by atoms with E-state index >= 15 is 0 Å². The third-order valence-corrected chi connectivity index (χ3v) is 3.96. The third-order valence-electron chi connectivity index (χ3n) is 3.96. The van der Waals surface area contributed by atoms with Crippen molar-refractivity contribution in [3.63, 3.8) is 0 Å². The van der Waals surface area contributed by atoms with Crippen molar-refractivity contribution in [1.29, 1.82) is 0 Å². The molecule has 0 bridgehead atoms. The smallest absolute Gasteiger partial charge is 0.261 e. The van der Waals surface area contributed by atoms with Crippen molar-refractivity contribution < 1.29 is 9.63 Å². The molecule has 1 aliphatic rings. The van der Waals surface area contributed by atoms with Gasteiger partial charge in [0.1, 0.15) is 5.75 Å². The lowest BCUT2D eigenvalue weighted by molar-refractivity contribution is 0.409. The van der Waals surface area contributed by atoms with Crippen molar-refractivity contribution in [3.05, 3.63) is 24.3 Å². The maximum Gasteiger partial charge on any atom is 0.261 e. The normalized spacial score (nSPS) is 22.8. The van der Waals surface area contributed by atoms with E-state index in [1.54, 1.807) is 12.3 Å². The third kappa shape index (κ3) is 2.32. The predicted molar refractivity (Wildman–Crippen MR) is 69.6 cm³/mol. The number of hydrogen-bond donors (Lipinski definition) is 1. The summed E-state index contributed by atoms with van der Waals surface area (Å²) in [5.74, 6) is 2.38. The highest BCUT2D eigenvalue weighted by atomic mass is 16.5. The van der Waals surface area contributed by atoms with E-state index in [0.29, 0.717) is 17.4 Å². The SMILES string of the molecule is CCC1CCC(c2noc(-c3ccncc3O)n2)C1. The van der Waals surface area contributed by atoms with E-state index in [9.17, 15) is 5.11 Å². The summed E-state index contributed by atoms with van der Waals surface area (Å²) in [5, 5.41) is 13.8. The average Bonchev–Trinajstić information content (AvgIpc) is 3.08. The molecule has 3 rings (SSSR count). The minimum absolute atomic E-state index is 0.0653. The molecule has 1 fully saturated rings. The van der Waals surface area contributed by atoms with Crippen LogP contribution in [0.15, 0.2) is 23.0 Å². The highest BCUT2D eigenvalue weighted by Gasteiger charge is 2.28. The van der Waals surface area contributed by atoms with E-state index in [2.05, 4.69) is 22.0 Å². The monoisotopic (exact) mass is 259 g/mol. The first-order valence-electron chi connectivity index (χ1n) is 6.75. The second-order valence-corrected chi connectivity index (χ2v) is 5.13. The van der Waals surface area contributed by atoms with Crippen molar-refractivity contribution in [1.82, 2.24) is 15.1 Å². The lowest BCUT2D eigenvalue weighted by Crippen LogP contribution is -1.97. The molecular formula is C14H17N3O2. The fraction of sp³-hybridized carbons (Fsp3) is 0.500. The van der Waals surface area contributed by atoms with E-state index in [4.69, 9.17) is 4.52 Å². The second-order valence-electron chi connectivity index (χ2n) is 5.13. The van der Waals surface area contributed by atoms with Crippen molar-refractivity contribution in [2.24, 2.45) is 5.92 Å². The summed E-state index contributed by atoms with van der Waals surface area (Å²) in [7, 11) is 0. The van der Waals surface area contributed by atoms with Gasteiger partial charge in [-0.2, -0.15) is 4.98 Å². The van der Waals surface area contributed by atoms with E-state index in [0.717, 1.165) is 24.6 Å². The molecule has 0 aromatic carbocycles. The Morgan fingerprint density at radius 1 is 1.42 bits per heavy atom. The first-order chi connectivity index (χ1) is 9.28. The molecule has 2 aromatic heterocycles. The van der Waals surface area contributed by atoms with Gasteiger partial charge in [-0.25, -0.2) is 0 Å². The van der Waals surface area contributed by atoms with Crippen LogP contribution in [0.1, 0.15) is 44.3 Å². The predicted octanol–water partition coefficient (Wildman–Crippen LogP) is 3.13. The fourth-order valence-electron chi connectivity index (χ4n) is 2.76. The van der Waals surface area contributed by atoms with Crippen LogP contribution in [0, 0.1) is 5.92 Å². The zero-order valence-corrected chi connectivity index (χ0v) is 10.9. The number of aromatic nitrogens is 3. The Hall–Kier alpha value is -1.91. The van der Waals surface area contributed by atoms with E-state index in [-0.39, 0.29) is 5.75 Å². The van der Waals surface area contributed by atoms with Gasteiger partial charge in [0.2, 0.25) is 0 Å². The molecule has 0 amide bonds. The quantitative estimate of drug-likeness (QED) is 0.916. The van der Waals surface area contributed by atoms with Gasteiger partial charge in [-0.05, 0) is 31.2 Å². The molecule has 19 heavy (non-hydrogen) atoms. The first-order valence-corrected chi connectivity index (χ1v) is 6.75. The summed E-state index contributed by atoms with van der Waals surface area (Å²) >= 11 is 0. The molecule has 100 valence electrons. The number of rotatable bonds is 3. The Labute approximate surface area is 111 Å². The lowest BCUT2D eigenvalue weighted by atomic mass is 10.0. The topological polar surface area (TPSA) is 72.0 Å². The Morgan fingerprint density at radius 3 is 3.05 bits per heavy atom. The molecule has 0 saturated heterocycles. The van der Waals surface area contributed by atoms with Crippen LogP contribution < -0.4 is 0 Å². The molecule has 2 unspecified atom stereocenters. The summed E-state index contributed by atoms with van der Waals surface area (Å²) < 4.78 is 5.26. The van der Waals surface area contributed by atoms with Gasteiger partial charge in [0.15, 0.2) is 5.82 Å². The molecule has 1 aliphatic carbocycles. The molecule has 5 nitrogen and oxygen atoms in total. The van der Waals surface area contributed by atoms with Crippen molar-refractivity contribution in [2.75, 3.05) is 0 Å². The van der Waals surface area contributed by atoms with Gasteiger partial charge in [0.05, 0.1) is 11.8 Å². The number of pyridine rings is 1. The van der Waals surface area contributed by atoms with Crippen LogP contribution in [0.3, 0.4) is 0 Å².